The lowest BCUT2D eigenvalue weighted by molar-refractivity contribution is 0.220. The molecule has 1 heterocycles. The number of hydrogen-bond donors (Lipinski definition) is 1. The van der Waals surface area contributed by atoms with Gasteiger partial charge in [0.2, 0.25) is 0 Å². The summed E-state index contributed by atoms with van der Waals surface area (Å²) in [5, 5.41) is 11.5. The Kier molecular flexibility index (Phi) is 3.51. The number of para-hydroxylation sites is 1. The Balaban J connectivity index is 2.17. The smallest absolute Gasteiger partial charge is 0.123 e. The first-order valence-corrected chi connectivity index (χ1v) is 6.93. The van der Waals surface area contributed by atoms with Gasteiger partial charge in [-0.1, -0.05) is 40.2 Å². The molecule has 3 aromatic rings. The van der Waals surface area contributed by atoms with Gasteiger partial charge in [0.05, 0.1) is 5.52 Å². The largest absolute Gasteiger partial charge is 0.384 e. The summed E-state index contributed by atoms with van der Waals surface area (Å²) in [5.41, 5.74) is 1.87. The van der Waals surface area contributed by atoms with Crippen LogP contribution in [0.2, 0.25) is 0 Å². The molecule has 0 amide bonds. The number of pyridine rings is 1. The fraction of sp³-hybridized carbons (Fsp3) is 0.0625. The van der Waals surface area contributed by atoms with E-state index in [4.69, 9.17) is 0 Å². The number of halogens is 2. The van der Waals surface area contributed by atoms with E-state index in [1.54, 1.807) is 18.3 Å². The zero-order valence-electron chi connectivity index (χ0n) is 10.4. The molecule has 3 rings (SSSR count). The number of hydrogen-bond acceptors (Lipinski definition) is 2. The molecule has 20 heavy (non-hydrogen) atoms. The minimum Gasteiger partial charge on any atom is -0.384 e. The maximum absolute atomic E-state index is 13.4. The van der Waals surface area contributed by atoms with Gasteiger partial charge in [0.1, 0.15) is 11.9 Å². The van der Waals surface area contributed by atoms with Gasteiger partial charge in [-0.15, -0.1) is 0 Å². The van der Waals surface area contributed by atoms with E-state index in [0.29, 0.717) is 15.6 Å². The van der Waals surface area contributed by atoms with Crippen LogP contribution in [-0.2, 0) is 0 Å². The van der Waals surface area contributed by atoms with Crippen LogP contribution in [0.4, 0.5) is 4.39 Å². The number of nitrogens with zero attached hydrogens (tertiary/aromatic N) is 1. The maximum Gasteiger partial charge on any atom is 0.123 e. The zero-order chi connectivity index (χ0) is 14.1. The van der Waals surface area contributed by atoms with E-state index in [0.717, 1.165) is 10.9 Å². The number of aliphatic hydroxyl groups excluding tert-OH is 1. The highest BCUT2D eigenvalue weighted by atomic mass is 79.9. The molecule has 1 aromatic heterocycles. The summed E-state index contributed by atoms with van der Waals surface area (Å²) in [6, 6.07) is 13.6. The van der Waals surface area contributed by atoms with E-state index in [1.165, 1.54) is 12.1 Å². The highest BCUT2D eigenvalue weighted by Gasteiger charge is 2.17. The zero-order valence-corrected chi connectivity index (χ0v) is 12.0. The molecular formula is C16H11BrFNO. The van der Waals surface area contributed by atoms with Gasteiger partial charge < -0.3 is 5.11 Å². The summed E-state index contributed by atoms with van der Waals surface area (Å²) in [5.74, 6) is -0.379. The van der Waals surface area contributed by atoms with Crippen molar-refractivity contribution in [2.24, 2.45) is 0 Å². The van der Waals surface area contributed by atoms with Gasteiger partial charge in [-0.05, 0) is 24.3 Å². The maximum atomic E-state index is 13.4. The predicted molar refractivity (Wildman–Crippen MR) is 79.9 cm³/mol. The molecule has 0 aliphatic rings. The summed E-state index contributed by atoms with van der Waals surface area (Å²) in [6.45, 7) is 0. The second-order valence-corrected chi connectivity index (χ2v) is 5.35. The SMILES string of the molecule is OC(c1cc(F)ccc1Br)c1cccc2cccnc12. The van der Waals surface area contributed by atoms with Crippen LogP contribution < -0.4 is 0 Å². The van der Waals surface area contributed by atoms with E-state index in [1.807, 2.05) is 24.3 Å². The van der Waals surface area contributed by atoms with Gasteiger partial charge in [-0.25, -0.2) is 4.39 Å². The molecule has 4 heteroatoms. The summed E-state index contributed by atoms with van der Waals surface area (Å²) in [4.78, 5) is 4.31. The number of aromatic nitrogens is 1. The molecule has 0 saturated carbocycles. The monoisotopic (exact) mass is 331 g/mol. The molecule has 0 spiro atoms. The van der Waals surface area contributed by atoms with Crippen molar-refractivity contribution >= 4 is 26.8 Å². The first-order chi connectivity index (χ1) is 9.66. The molecule has 1 N–H and O–H groups in total. The van der Waals surface area contributed by atoms with Crippen LogP contribution in [0.1, 0.15) is 17.2 Å². The van der Waals surface area contributed by atoms with Crippen LogP contribution in [0.25, 0.3) is 10.9 Å². The lowest BCUT2D eigenvalue weighted by atomic mass is 9.99. The number of rotatable bonds is 2. The first-order valence-electron chi connectivity index (χ1n) is 6.13. The molecule has 0 fully saturated rings. The molecule has 2 aromatic carbocycles. The Labute approximate surface area is 124 Å². The highest BCUT2D eigenvalue weighted by molar-refractivity contribution is 9.10. The predicted octanol–water partition coefficient (Wildman–Crippen LogP) is 4.22. The van der Waals surface area contributed by atoms with Crippen LogP contribution >= 0.6 is 15.9 Å². The van der Waals surface area contributed by atoms with E-state index in [2.05, 4.69) is 20.9 Å². The summed E-state index contributed by atoms with van der Waals surface area (Å²) >= 11 is 3.35. The van der Waals surface area contributed by atoms with Gasteiger partial charge in [0.25, 0.3) is 0 Å². The number of fused-ring (bicyclic) bond motifs is 1. The lowest BCUT2D eigenvalue weighted by Crippen LogP contribution is -2.03. The molecule has 0 radical (unpaired) electrons. The van der Waals surface area contributed by atoms with Crippen molar-refractivity contribution in [3.05, 3.63) is 76.1 Å². The van der Waals surface area contributed by atoms with E-state index >= 15 is 0 Å². The third-order valence-electron chi connectivity index (χ3n) is 3.21. The summed E-state index contributed by atoms with van der Waals surface area (Å²) in [7, 11) is 0. The quantitative estimate of drug-likeness (QED) is 0.762. The second-order valence-electron chi connectivity index (χ2n) is 4.49. The van der Waals surface area contributed by atoms with E-state index in [9.17, 15) is 9.50 Å². The van der Waals surface area contributed by atoms with Crippen LogP contribution in [0.15, 0.2) is 59.2 Å². The minimum absolute atomic E-state index is 0.379. The molecule has 0 bridgehead atoms. The average Bonchev–Trinajstić information content (AvgIpc) is 2.48. The van der Waals surface area contributed by atoms with Crippen molar-refractivity contribution in [2.45, 2.75) is 6.10 Å². The van der Waals surface area contributed by atoms with Crippen molar-refractivity contribution in [1.82, 2.24) is 4.98 Å². The van der Waals surface area contributed by atoms with Crippen molar-refractivity contribution < 1.29 is 9.50 Å². The second kappa shape index (κ2) is 5.31. The summed E-state index contributed by atoms with van der Waals surface area (Å²) in [6.07, 6.45) is 0.748. The molecule has 2 nitrogen and oxygen atoms in total. The molecule has 0 aliphatic heterocycles. The Morgan fingerprint density at radius 3 is 2.70 bits per heavy atom. The average molecular weight is 332 g/mol. The third kappa shape index (κ3) is 2.32. The normalized spacial score (nSPS) is 12.6. The highest BCUT2D eigenvalue weighted by Crippen LogP contribution is 2.32. The van der Waals surface area contributed by atoms with Gasteiger partial charge in [-0.2, -0.15) is 0 Å². The van der Waals surface area contributed by atoms with Gasteiger partial charge in [0, 0.05) is 27.2 Å². The fourth-order valence-electron chi connectivity index (χ4n) is 2.24. The number of aliphatic hydroxyl groups is 1. The van der Waals surface area contributed by atoms with Gasteiger partial charge in [0.15, 0.2) is 0 Å². The van der Waals surface area contributed by atoms with E-state index < -0.39 is 6.10 Å². The van der Waals surface area contributed by atoms with Gasteiger partial charge >= 0.3 is 0 Å². The molecular weight excluding hydrogens is 321 g/mol. The Morgan fingerprint density at radius 1 is 1.05 bits per heavy atom. The minimum atomic E-state index is -0.932. The third-order valence-corrected chi connectivity index (χ3v) is 3.93. The molecule has 1 unspecified atom stereocenters. The molecule has 1 atom stereocenters. The van der Waals surface area contributed by atoms with Crippen molar-refractivity contribution in [2.75, 3.05) is 0 Å². The number of benzene rings is 2. The standard InChI is InChI=1S/C16H11BrFNO/c17-14-7-6-11(18)9-13(14)16(20)12-5-1-3-10-4-2-8-19-15(10)12/h1-9,16,20H. The first kappa shape index (κ1) is 13.2. The topological polar surface area (TPSA) is 33.1 Å². The van der Waals surface area contributed by atoms with E-state index in [-0.39, 0.29) is 5.82 Å². The van der Waals surface area contributed by atoms with Crippen LogP contribution in [0.5, 0.6) is 0 Å². The van der Waals surface area contributed by atoms with Crippen LogP contribution in [-0.4, -0.2) is 10.1 Å². The van der Waals surface area contributed by atoms with Gasteiger partial charge in [-0.3, -0.25) is 4.98 Å². The Morgan fingerprint density at radius 2 is 1.85 bits per heavy atom. The Hall–Kier alpha value is -1.78. The van der Waals surface area contributed by atoms with Crippen molar-refractivity contribution in [3.8, 4) is 0 Å². The lowest BCUT2D eigenvalue weighted by Gasteiger charge is -2.15. The molecule has 0 saturated heterocycles. The fourth-order valence-corrected chi connectivity index (χ4v) is 2.70. The Bertz CT molecular complexity index is 770. The van der Waals surface area contributed by atoms with Crippen molar-refractivity contribution in [1.29, 1.82) is 0 Å². The van der Waals surface area contributed by atoms with Crippen LogP contribution in [0.3, 0.4) is 0 Å². The van der Waals surface area contributed by atoms with Crippen molar-refractivity contribution in [3.63, 3.8) is 0 Å². The molecule has 0 aliphatic carbocycles. The molecule has 100 valence electrons. The summed E-state index contributed by atoms with van der Waals surface area (Å²) < 4.78 is 14.1. The van der Waals surface area contributed by atoms with Crippen LogP contribution in [0, 0.1) is 5.82 Å².